The zero-order valence-electron chi connectivity index (χ0n) is 17.3. The van der Waals surface area contributed by atoms with Gasteiger partial charge < -0.3 is 15.5 Å². The molecule has 1 aromatic heterocycles. The van der Waals surface area contributed by atoms with E-state index in [1.807, 2.05) is 6.07 Å². The van der Waals surface area contributed by atoms with E-state index in [0.29, 0.717) is 23.5 Å². The van der Waals surface area contributed by atoms with Crippen molar-refractivity contribution in [3.8, 4) is 0 Å². The zero-order valence-corrected chi connectivity index (χ0v) is 17.3. The molecule has 9 nitrogen and oxygen atoms in total. The lowest BCUT2D eigenvalue weighted by atomic mass is 10.0. The molecule has 166 valence electrons. The summed E-state index contributed by atoms with van der Waals surface area (Å²) >= 11 is 0. The van der Waals surface area contributed by atoms with E-state index >= 15 is 0 Å². The van der Waals surface area contributed by atoms with E-state index < -0.39 is 17.8 Å². The molecule has 0 spiro atoms. The number of carbonyl (C=O) groups is 3. The molecule has 2 aliphatic heterocycles. The molecule has 1 unspecified atom stereocenters. The molecular formula is C23H19FN6O3. The Morgan fingerprint density at radius 1 is 1.00 bits per heavy atom. The summed E-state index contributed by atoms with van der Waals surface area (Å²) in [5.74, 6) is -0.809. The molecule has 2 aliphatic rings. The number of anilines is 4. The molecule has 0 saturated carbocycles. The number of fused-ring (bicyclic) bond motifs is 1. The van der Waals surface area contributed by atoms with Crippen molar-refractivity contribution in [3.63, 3.8) is 0 Å². The van der Waals surface area contributed by atoms with Crippen LogP contribution in [0, 0.1) is 5.82 Å². The number of hydrogen-bond acceptors (Lipinski definition) is 7. The normalized spacial score (nSPS) is 17.5. The van der Waals surface area contributed by atoms with Gasteiger partial charge in [0.2, 0.25) is 17.8 Å². The van der Waals surface area contributed by atoms with E-state index in [-0.39, 0.29) is 36.4 Å². The average molecular weight is 446 g/mol. The predicted octanol–water partition coefficient (Wildman–Crippen LogP) is 2.86. The Labute approximate surface area is 188 Å². The zero-order chi connectivity index (χ0) is 22.9. The third-order valence-electron chi connectivity index (χ3n) is 5.62. The van der Waals surface area contributed by atoms with Crippen LogP contribution in [-0.4, -0.2) is 38.6 Å². The van der Waals surface area contributed by atoms with Gasteiger partial charge in [-0.15, -0.1) is 0 Å². The van der Waals surface area contributed by atoms with Gasteiger partial charge in [-0.1, -0.05) is 18.2 Å². The first kappa shape index (κ1) is 20.6. The number of nitrogens with one attached hydrogen (secondary N) is 3. The van der Waals surface area contributed by atoms with Gasteiger partial charge in [0.15, 0.2) is 0 Å². The summed E-state index contributed by atoms with van der Waals surface area (Å²) in [5.41, 5.74) is 2.13. The van der Waals surface area contributed by atoms with Crippen LogP contribution in [0.1, 0.15) is 28.8 Å². The highest BCUT2D eigenvalue weighted by Gasteiger charge is 2.39. The number of rotatable bonds is 5. The summed E-state index contributed by atoms with van der Waals surface area (Å²) in [6.45, 7) is 0.231. The maximum absolute atomic E-state index is 13.9. The molecule has 0 bridgehead atoms. The van der Waals surface area contributed by atoms with E-state index in [0.717, 1.165) is 5.56 Å². The van der Waals surface area contributed by atoms with E-state index in [1.165, 1.54) is 17.2 Å². The largest absolute Gasteiger partial charge is 0.340 e. The molecule has 2 aromatic carbocycles. The van der Waals surface area contributed by atoms with Crippen molar-refractivity contribution >= 4 is 40.9 Å². The molecule has 1 fully saturated rings. The van der Waals surface area contributed by atoms with Gasteiger partial charge in [0.05, 0.1) is 5.69 Å². The van der Waals surface area contributed by atoms with Gasteiger partial charge in [-0.3, -0.25) is 19.7 Å². The van der Waals surface area contributed by atoms with Gasteiger partial charge in [0.25, 0.3) is 5.91 Å². The summed E-state index contributed by atoms with van der Waals surface area (Å²) in [6.07, 6.45) is 2.02. The smallest absolute Gasteiger partial charge is 0.255 e. The number of carbonyl (C=O) groups excluding carboxylic acids is 3. The molecule has 3 aromatic rings. The maximum atomic E-state index is 13.9. The standard InChI is InChI=1S/C23H19FN6O3/c24-15-5-1-2-6-17(15)27-23-25-11-10-19(28-23)26-16-7-3-4-13-14(16)12-30(22(13)33)18-8-9-20(31)29-21(18)32/h1-7,10-11,18H,8-9,12H2,(H,29,31,32)(H2,25,26,27,28). The van der Waals surface area contributed by atoms with E-state index in [4.69, 9.17) is 0 Å². The van der Waals surface area contributed by atoms with Crippen LogP contribution in [0.2, 0.25) is 0 Å². The minimum absolute atomic E-state index is 0.195. The molecule has 3 heterocycles. The topological polar surface area (TPSA) is 116 Å². The quantitative estimate of drug-likeness (QED) is 0.516. The fourth-order valence-corrected chi connectivity index (χ4v) is 4.01. The van der Waals surface area contributed by atoms with Crippen molar-refractivity contribution in [2.45, 2.75) is 25.4 Å². The van der Waals surface area contributed by atoms with Gasteiger partial charge in [-0.05, 0) is 36.8 Å². The van der Waals surface area contributed by atoms with E-state index in [9.17, 15) is 18.8 Å². The maximum Gasteiger partial charge on any atom is 0.255 e. The summed E-state index contributed by atoms with van der Waals surface area (Å²) in [7, 11) is 0. The van der Waals surface area contributed by atoms with Crippen molar-refractivity contribution in [1.29, 1.82) is 0 Å². The Morgan fingerprint density at radius 2 is 1.82 bits per heavy atom. The lowest BCUT2D eigenvalue weighted by molar-refractivity contribution is -0.136. The number of nitrogens with zero attached hydrogens (tertiary/aromatic N) is 3. The van der Waals surface area contributed by atoms with Crippen LogP contribution in [0.25, 0.3) is 0 Å². The Kier molecular flexibility index (Phi) is 5.17. The minimum atomic E-state index is -0.689. The number of amides is 3. The third-order valence-corrected chi connectivity index (χ3v) is 5.62. The van der Waals surface area contributed by atoms with E-state index in [1.54, 1.807) is 36.4 Å². The fourth-order valence-electron chi connectivity index (χ4n) is 4.01. The number of aromatic nitrogens is 2. The Morgan fingerprint density at radius 3 is 2.64 bits per heavy atom. The first-order valence-corrected chi connectivity index (χ1v) is 10.4. The van der Waals surface area contributed by atoms with Crippen molar-refractivity contribution in [2.75, 3.05) is 10.6 Å². The summed E-state index contributed by atoms with van der Waals surface area (Å²) in [5, 5.41) is 8.33. The molecule has 5 rings (SSSR count). The molecule has 0 radical (unpaired) electrons. The molecule has 1 saturated heterocycles. The second-order valence-electron chi connectivity index (χ2n) is 7.73. The molecular weight excluding hydrogens is 427 g/mol. The van der Waals surface area contributed by atoms with Crippen LogP contribution >= 0.6 is 0 Å². The van der Waals surface area contributed by atoms with Crippen LogP contribution in [0.5, 0.6) is 0 Å². The van der Waals surface area contributed by atoms with Crippen molar-refractivity contribution in [1.82, 2.24) is 20.2 Å². The first-order chi connectivity index (χ1) is 16.0. The van der Waals surface area contributed by atoms with Gasteiger partial charge in [-0.2, -0.15) is 4.98 Å². The molecule has 1 atom stereocenters. The van der Waals surface area contributed by atoms with Crippen LogP contribution in [0.3, 0.4) is 0 Å². The number of benzene rings is 2. The van der Waals surface area contributed by atoms with Gasteiger partial charge in [0, 0.05) is 36.0 Å². The minimum Gasteiger partial charge on any atom is -0.340 e. The molecule has 3 N–H and O–H groups in total. The van der Waals surface area contributed by atoms with Crippen LogP contribution in [0.15, 0.2) is 54.7 Å². The Bertz CT molecular complexity index is 1280. The number of halogens is 1. The summed E-state index contributed by atoms with van der Waals surface area (Å²) in [4.78, 5) is 46.7. The Balaban J connectivity index is 1.37. The number of hydrogen-bond donors (Lipinski definition) is 3. The lowest BCUT2D eigenvalue weighted by Gasteiger charge is -2.29. The second kappa shape index (κ2) is 8.30. The van der Waals surface area contributed by atoms with Gasteiger partial charge >= 0.3 is 0 Å². The highest BCUT2D eigenvalue weighted by atomic mass is 19.1. The predicted molar refractivity (Wildman–Crippen MR) is 117 cm³/mol. The monoisotopic (exact) mass is 446 g/mol. The average Bonchev–Trinajstić information content (AvgIpc) is 3.13. The number of imide groups is 1. The number of para-hydroxylation sites is 1. The van der Waals surface area contributed by atoms with Crippen molar-refractivity contribution in [3.05, 3.63) is 71.7 Å². The summed E-state index contributed by atoms with van der Waals surface area (Å²) in [6, 6.07) is 12.4. The lowest BCUT2D eigenvalue weighted by Crippen LogP contribution is -2.52. The molecule has 33 heavy (non-hydrogen) atoms. The molecule has 10 heteroatoms. The second-order valence-corrected chi connectivity index (χ2v) is 7.73. The van der Waals surface area contributed by atoms with Crippen molar-refractivity contribution < 1.29 is 18.8 Å². The Hall–Kier alpha value is -4.34. The van der Waals surface area contributed by atoms with Crippen LogP contribution < -0.4 is 16.0 Å². The highest BCUT2D eigenvalue weighted by Crippen LogP contribution is 2.33. The summed E-state index contributed by atoms with van der Waals surface area (Å²) < 4.78 is 13.9. The molecule has 3 amide bonds. The number of piperidine rings is 1. The first-order valence-electron chi connectivity index (χ1n) is 10.4. The van der Waals surface area contributed by atoms with Crippen LogP contribution in [0.4, 0.5) is 27.5 Å². The van der Waals surface area contributed by atoms with Crippen molar-refractivity contribution in [2.24, 2.45) is 0 Å². The SMILES string of the molecule is O=C1CCC(N2Cc3c(Nc4ccnc(Nc5ccccc5F)n4)cccc3C2=O)C(=O)N1. The fraction of sp³-hybridized carbons (Fsp3) is 0.174. The van der Waals surface area contributed by atoms with E-state index in [2.05, 4.69) is 25.9 Å². The van der Waals surface area contributed by atoms with Gasteiger partial charge in [0.1, 0.15) is 17.7 Å². The highest BCUT2D eigenvalue weighted by molar-refractivity contribution is 6.06. The third kappa shape index (κ3) is 3.98. The van der Waals surface area contributed by atoms with Crippen LogP contribution in [-0.2, 0) is 16.1 Å². The van der Waals surface area contributed by atoms with Gasteiger partial charge in [-0.25, -0.2) is 9.37 Å². The molecule has 0 aliphatic carbocycles.